The third kappa shape index (κ3) is 5.80. The second-order valence-electron chi connectivity index (χ2n) is 3.41. The van der Waals surface area contributed by atoms with Crippen LogP contribution in [0.3, 0.4) is 0 Å². The highest BCUT2D eigenvalue weighted by atomic mass is 35.5. The second kappa shape index (κ2) is 6.65. The van der Waals surface area contributed by atoms with Crippen LogP contribution in [0.4, 0.5) is 0 Å². The first-order chi connectivity index (χ1) is 6.47. The molecule has 0 fully saturated rings. The fourth-order valence-electron chi connectivity index (χ4n) is 0.943. The lowest BCUT2D eigenvalue weighted by molar-refractivity contribution is -0.134. The van der Waals surface area contributed by atoms with Crippen molar-refractivity contribution in [1.29, 1.82) is 0 Å². The Bertz CT molecular complexity index is 207. The van der Waals surface area contributed by atoms with E-state index >= 15 is 0 Å². The first kappa shape index (κ1) is 13.2. The van der Waals surface area contributed by atoms with Gasteiger partial charge in [-0.2, -0.15) is 0 Å². The van der Waals surface area contributed by atoms with Crippen LogP contribution < -0.4 is 5.32 Å². The highest BCUT2D eigenvalue weighted by Crippen LogP contribution is 1.93. The van der Waals surface area contributed by atoms with Gasteiger partial charge in [-0.1, -0.05) is 0 Å². The SMILES string of the molecule is CC(C)NC(=O)CN(C)C(=O)CCCl. The summed E-state index contributed by atoms with van der Waals surface area (Å²) >= 11 is 5.41. The average Bonchev–Trinajstić information content (AvgIpc) is 2.02. The van der Waals surface area contributed by atoms with Crippen LogP contribution in [0.2, 0.25) is 0 Å². The van der Waals surface area contributed by atoms with Gasteiger partial charge in [0.1, 0.15) is 0 Å². The number of hydrogen-bond donors (Lipinski definition) is 1. The molecule has 0 aromatic rings. The molecule has 14 heavy (non-hydrogen) atoms. The Morgan fingerprint density at radius 1 is 1.43 bits per heavy atom. The van der Waals surface area contributed by atoms with Crippen LogP contribution >= 0.6 is 11.6 Å². The van der Waals surface area contributed by atoms with Crippen LogP contribution in [0.15, 0.2) is 0 Å². The van der Waals surface area contributed by atoms with Crippen LogP contribution in [0.25, 0.3) is 0 Å². The number of alkyl halides is 1. The summed E-state index contributed by atoms with van der Waals surface area (Å²) in [4.78, 5) is 23.8. The minimum absolute atomic E-state index is 0.0912. The summed E-state index contributed by atoms with van der Waals surface area (Å²) in [5, 5.41) is 2.70. The van der Waals surface area contributed by atoms with Crippen molar-refractivity contribution in [2.75, 3.05) is 19.5 Å². The molecule has 4 nitrogen and oxygen atoms in total. The average molecular weight is 221 g/mol. The molecule has 0 aliphatic rings. The van der Waals surface area contributed by atoms with Gasteiger partial charge in [-0.25, -0.2) is 0 Å². The fraction of sp³-hybridized carbons (Fsp3) is 0.778. The standard InChI is InChI=1S/C9H17ClN2O2/c1-7(2)11-8(13)6-12(3)9(14)4-5-10/h7H,4-6H2,1-3H3,(H,11,13). The number of carbonyl (C=O) groups excluding carboxylic acids is 2. The molecule has 0 spiro atoms. The molecule has 0 saturated heterocycles. The maximum atomic E-state index is 11.2. The van der Waals surface area contributed by atoms with Crippen molar-refractivity contribution in [2.24, 2.45) is 0 Å². The molecule has 1 N–H and O–H groups in total. The zero-order chi connectivity index (χ0) is 11.1. The van der Waals surface area contributed by atoms with Crippen molar-refractivity contribution in [3.8, 4) is 0 Å². The van der Waals surface area contributed by atoms with Crippen LogP contribution in [-0.2, 0) is 9.59 Å². The van der Waals surface area contributed by atoms with Crippen LogP contribution in [-0.4, -0.2) is 42.2 Å². The summed E-state index contributed by atoms with van der Waals surface area (Å²) in [7, 11) is 1.59. The third-order valence-corrected chi connectivity index (χ3v) is 1.75. The van der Waals surface area contributed by atoms with E-state index in [1.807, 2.05) is 13.8 Å². The minimum atomic E-state index is -0.148. The van der Waals surface area contributed by atoms with Crippen molar-refractivity contribution in [3.05, 3.63) is 0 Å². The zero-order valence-corrected chi connectivity index (χ0v) is 9.60. The maximum absolute atomic E-state index is 11.2. The molecule has 0 aliphatic heterocycles. The smallest absolute Gasteiger partial charge is 0.239 e. The molecular formula is C9H17ClN2O2. The molecule has 0 aliphatic carbocycles. The molecule has 0 bridgehead atoms. The topological polar surface area (TPSA) is 49.4 Å². The van der Waals surface area contributed by atoms with E-state index in [1.54, 1.807) is 7.05 Å². The van der Waals surface area contributed by atoms with Crippen molar-refractivity contribution in [3.63, 3.8) is 0 Å². The van der Waals surface area contributed by atoms with Crippen LogP contribution in [0.1, 0.15) is 20.3 Å². The lowest BCUT2D eigenvalue weighted by Crippen LogP contribution is -2.40. The molecule has 0 aromatic carbocycles. The van der Waals surface area contributed by atoms with E-state index in [2.05, 4.69) is 5.32 Å². The summed E-state index contributed by atoms with van der Waals surface area (Å²) in [5.41, 5.74) is 0. The lowest BCUT2D eigenvalue weighted by Gasteiger charge is -2.17. The fourth-order valence-corrected chi connectivity index (χ4v) is 1.10. The van der Waals surface area contributed by atoms with E-state index in [0.717, 1.165) is 0 Å². The van der Waals surface area contributed by atoms with Gasteiger partial charge in [0, 0.05) is 25.4 Å². The van der Waals surface area contributed by atoms with E-state index in [4.69, 9.17) is 11.6 Å². The number of carbonyl (C=O) groups is 2. The first-order valence-electron chi connectivity index (χ1n) is 4.56. The van der Waals surface area contributed by atoms with E-state index in [-0.39, 0.29) is 36.7 Å². The summed E-state index contributed by atoms with van der Waals surface area (Å²) in [5.74, 6) is 0.0268. The molecule has 5 heteroatoms. The Hall–Kier alpha value is -0.770. The van der Waals surface area contributed by atoms with Crippen molar-refractivity contribution < 1.29 is 9.59 Å². The zero-order valence-electron chi connectivity index (χ0n) is 8.84. The van der Waals surface area contributed by atoms with Gasteiger partial charge in [0.05, 0.1) is 6.54 Å². The van der Waals surface area contributed by atoms with Crippen LogP contribution in [0, 0.1) is 0 Å². The van der Waals surface area contributed by atoms with E-state index in [9.17, 15) is 9.59 Å². The monoisotopic (exact) mass is 220 g/mol. The molecule has 0 heterocycles. The number of amides is 2. The Balaban J connectivity index is 3.87. The van der Waals surface area contributed by atoms with E-state index in [0.29, 0.717) is 0 Å². The molecule has 0 radical (unpaired) electrons. The summed E-state index contributed by atoms with van der Waals surface area (Å²) in [6.07, 6.45) is 0.271. The van der Waals surface area contributed by atoms with Gasteiger partial charge < -0.3 is 10.2 Å². The predicted octanol–water partition coefficient (Wildman–Crippen LogP) is 0.598. The van der Waals surface area contributed by atoms with Crippen molar-refractivity contribution in [1.82, 2.24) is 10.2 Å². The van der Waals surface area contributed by atoms with Gasteiger partial charge in [0.15, 0.2) is 0 Å². The Labute approximate surface area is 89.6 Å². The molecule has 0 saturated carbocycles. The molecule has 0 unspecified atom stereocenters. The highest BCUT2D eigenvalue weighted by Gasteiger charge is 2.12. The summed E-state index contributed by atoms with van der Waals surface area (Å²) in [6.45, 7) is 3.84. The Morgan fingerprint density at radius 3 is 2.43 bits per heavy atom. The normalized spacial score (nSPS) is 10.1. The number of rotatable bonds is 5. The predicted molar refractivity (Wildman–Crippen MR) is 56.3 cm³/mol. The van der Waals surface area contributed by atoms with Crippen molar-refractivity contribution in [2.45, 2.75) is 26.3 Å². The summed E-state index contributed by atoms with van der Waals surface area (Å²) < 4.78 is 0. The summed E-state index contributed by atoms with van der Waals surface area (Å²) in [6, 6.07) is 0.0963. The van der Waals surface area contributed by atoms with Gasteiger partial charge in [0.2, 0.25) is 11.8 Å². The number of nitrogens with one attached hydrogen (secondary N) is 1. The van der Waals surface area contributed by atoms with Crippen LogP contribution in [0.5, 0.6) is 0 Å². The molecule has 82 valence electrons. The van der Waals surface area contributed by atoms with Gasteiger partial charge >= 0.3 is 0 Å². The number of likely N-dealkylation sites (N-methyl/N-ethyl adjacent to an activating group) is 1. The third-order valence-electron chi connectivity index (χ3n) is 1.56. The molecular weight excluding hydrogens is 204 g/mol. The van der Waals surface area contributed by atoms with E-state index in [1.165, 1.54) is 4.90 Å². The highest BCUT2D eigenvalue weighted by molar-refractivity contribution is 6.18. The first-order valence-corrected chi connectivity index (χ1v) is 5.10. The van der Waals surface area contributed by atoms with Gasteiger partial charge in [0.25, 0.3) is 0 Å². The largest absolute Gasteiger partial charge is 0.352 e. The Morgan fingerprint density at radius 2 is 2.00 bits per heavy atom. The molecule has 0 atom stereocenters. The van der Waals surface area contributed by atoms with Crippen molar-refractivity contribution >= 4 is 23.4 Å². The quantitative estimate of drug-likeness (QED) is 0.690. The molecule has 0 aromatic heterocycles. The van der Waals surface area contributed by atoms with Gasteiger partial charge in [-0.3, -0.25) is 9.59 Å². The number of halogens is 1. The Kier molecular flexibility index (Phi) is 6.28. The molecule has 2 amide bonds. The van der Waals surface area contributed by atoms with Gasteiger partial charge in [-0.05, 0) is 13.8 Å². The molecule has 0 rings (SSSR count). The van der Waals surface area contributed by atoms with E-state index < -0.39 is 0 Å². The second-order valence-corrected chi connectivity index (χ2v) is 3.79. The lowest BCUT2D eigenvalue weighted by atomic mass is 10.3. The number of hydrogen-bond acceptors (Lipinski definition) is 2. The van der Waals surface area contributed by atoms with Gasteiger partial charge in [-0.15, -0.1) is 11.6 Å². The number of nitrogens with zero attached hydrogens (tertiary/aromatic N) is 1. The minimum Gasteiger partial charge on any atom is -0.352 e. The maximum Gasteiger partial charge on any atom is 0.239 e.